The lowest BCUT2D eigenvalue weighted by Gasteiger charge is -2.13. The van der Waals surface area contributed by atoms with Crippen molar-refractivity contribution in [2.24, 2.45) is 0 Å². The van der Waals surface area contributed by atoms with Gasteiger partial charge in [-0.25, -0.2) is 4.79 Å². The number of esters is 1. The number of fused-ring (bicyclic) bond motifs is 1. The van der Waals surface area contributed by atoms with E-state index in [4.69, 9.17) is 21.1 Å². The van der Waals surface area contributed by atoms with E-state index in [1.165, 1.54) is 7.11 Å². The molecular weight excluding hydrogens is 356 g/mol. The second-order valence-corrected chi connectivity index (χ2v) is 6.27. The number of halogens is 1. The normalized spacial score (nSPS) is 15.4. The Morgan fingerprint density at radius 3 is 2.69 bits per heavy atom. The first-order chi connectivity index (χ1) is 12.4. The summed E-state index contributed by atoms with van der Waals surface area (Å²) >= 11 is 6.14. The van der Waals surface area contributed by atoms with Crippen LogP contribution >= 0.6 is 11.6 Å². The van der Waals surface area contributed by atoms with Gasteiger partial charge in [0.15, 0.2) is 11.9 Å². The van der Waals surface area contributed by atoms with E-state index in [-0.39, 0.29) is 11.5 Å². The number of carbonyl (C=O) groups is 2. The van der Waals surface area contributed by atoms with E-state index in [0.29, 0.717) is 33.2 Å². The maximum Gasteiger partial charge on any atom is 0.346 e. The van der Waals surface area contributed by atoms with Crippen molar-refractivity contribution >= 4 is 29.4 Å². The Morgan fingerprint density at radius 2 is 2.00 bits per heavy atom. The molecule has 0 spiro atoms. The first kappa shape index (κ1) is 18.0. The standard InChI is InChI=1S/C20H17ClO5/c1-11-8-14(25-12(2)20(23)24-3)10-16-18(11)19(22)17(26-16)9-13-6-4-5-7-15(13)21/h4-10,12H,1-3H3/b17-9-. The second-order valence-electron chi connectivity index (χ2n) is 5.86. The fourth-order valence-corrected chi connectivity index (χ4v) is 2.89. The highest BCUT2D eigenvalue weighted by Crippen LogP contribution is 2.38. The molecule has 1 atom stereocenters. The van der Waals surface area contributed by atoms with E-state index in [2.05, 4.69) is 4.74 Å². The molecule has 1 heterocycles. The summed E-state index contributed by atoms with van der Waals surface area (Å²) in [5.41, 5.74) is 1.86. The molecule has 0 saturated heterocycles. The van der Waals surface area contributed by atoms with Crippen LogP contribution in [-0.2, 0) is 9.53 Å². The highest BCUT2D eigenvalue weighted by molar-refractivity contribution is 6.32. The molecule has 0 amide bonds. The smallest absolute Gasteiger partial charge is 0.346 e. The topological polar surface area (TPSA) is 61.8 Å². The average Bonchev–Trinajstić information content (AvgIpc) is 2.92. The van der Waals surface area contributed by atoms with Gasteiger partial charge in [0.25, 0.3) is 0 Å². The number of aryl methyl sites for hydroxylation is 1. The molecule has 2 aromatic rings. The number of methoxy groups -OCH3 is 1. The number of Topliss-reactive ketones (excluding diaryl/α,β-unsaturated/α-hetero) is 1. The molecule has 1 aliphatic rings. The highest BCUT2D eigenvalue weighted by Gasteiger charge is 2.30. The Hall–Kier alpha value is -2.79. The molecule has 0 bridgehead atoms. The maximum atomic E-state index is 12.7. The van der Waals surface area contributed by atoms with Crippen molar-refractivity contribution in [2.45, 2.75) is 20.0 Å². The van der Waals surface area contributed by atoms with Gasteiger partial charge >= 0.3 is 5.97 Å². The molecule has 3 rings (SSSR count). The van der Waals surface area contributed by atoms with Gasteiger partial charge in [-0.15, -0.1) is 0 Å². The van der Waals surface area contributed by atoms with E-state index in [1.54, 1.807) is 44.2 Å². The molecule has 1 unspecified atom stereocenters. The fraction of sp³-hybridized carbons (Fsp3) is 0.200. The van der Waals surface area contributed by atoms with E-state index in [0.717, 1.165) is 0 Å². The minimum atomic E-state index is -0.771. The van der Waals surface area contributed by atoms with Crippen LogP contribution in [-0.4, -0.2) is 25.0 Å². The summed E-state index contributed by atoms with van der Waals surface area (Å²) in [4.78, 5) is 24.2. The first-order valence-corrected chi connectivity index (χ1v) is 8.36. The molecule has 0 saturated carbocycles. The van der Waals surface area contributed by atoms with E-state index >= 15 is 0 Å². The molecular formula is C20H17ClO5. The van der Waals surface area contributed by atoms with Crippen LogP contribution in [0.25, 0.3) is 6.08 Å². The molecule has 0 aliphatic carbocycles. The number of hydrogen-bond donors (Lipinski definition) is 0. The molecule has 0 N–H and O–H groups in total. The molecule has 0 aromatic heterocycles. The van der Waals surface area contributed by atoms with Gasteiger partial charge in [0.05, 0.1) is 12.7 Å². The van der Waals surface area contributed by atoms with Gasteiger partial charge in [0, 0.05) is 11.1 Å². The Morgan fingerprint density at radius 1 is 1.27 bits per heavy atom. The molecule has 2 aromatic carbocycles. The van der Waals surface area contributed by atoms with Crippen LogP contribution in [0.2, 0.25) is 5.02 Å². The van der Waals surface area contributed by atoms with Gasteiger partial charge in [-0.05, 0) is 43.2 Å². The van der Waals surface area contributed by atoms with Crippen molar-refractivity contribution in [3.05, 3.63) is 63.9 Å². The van der Waals surface area contributed by atoms with Gasteiger partial charge in [0.2, 0.25) is 5.78 Å². The van der Waals surface area contributed by atoms with Gasteiger partial charge in [-0.2, -0.15) is 0 Å². The van der Waals surface area contributed by atoms with Crippen LogP contribution in [0.5, 0.6) is 11.5 Å². The van der Waals surface area contributed by atoms with E-state index in [1.807, 2.05) is 12.1 Å². The molecule has 134 valence electrons. The third-order valence-electron chi connectivity index (χ3n) is 3.98. The summed E-state index contributed by atoms with van der Waals surface area (Å²) in [7, 11) is 1.30. The number of allylic oxidation sites excluding steroid dienone is 1. The van der Waals surface area contributed by atoms with Crippen LogP contribution in [0.4, 0.5) is 0 Å². The minimum absolute atomic E-state index is 0.189. The Bertz CT molecular complexity index is 916. The van der Waals surface area contributed by atoms with E-state index < -0.39 is 12.1 Å². The number of carbonyl (C=O) groups excluding carboxylic acids is 2. The third-order valence-corrected chi connectivity index (χ3v) is 4.33. The van der Waals surface area contributed by atoms with Crippen LogP contribution in [0.3, 0.4) is 0 Å². The molecule has 5 nitrogen and oxygen atoms in total. The molecule has 0 fully saturated rings. The average molecular weight is 373 g/mol. The molecule has 1 aliphatic heterocycles. The van der Waals surface area contributed by atoms with Crippen molar-refractivity contribution in [2.75, 3.05) is 7.11 Å². The third kappa shape index (κ3) is 3.44. The number of benzene rings is 2. The van der Waals surface area contributed by atoms with Gasteiger partial charge in [-0.1, -0.05) is 29.8 Å². The van der Waals surface area contributed by atoms with Crippen LogP contribution < -0.4 is 9.47 Å². The van der Waals surface area contributed by atoms with Gasteiger partial charge < -0.3 is 14.2 Å². The summed E-state index contributed by atoms with van der Waals surface area (Å²) in [5.74, 6) is 0.296. The minimum Gasteiger partial charge on any atom is -0.479 e. The Labute approximate surface area is 156 Å². The van der Waals surface area contributed by atoms with Crippen LogP contribution in [0.1, 0.15) is 28.4 Å². The number of hydrogen-bond acceptors (Lipinski definition) is 5. The lowest BCUT2D eigenvalue weighted by Crippen LogP contribution is -2.24. The van der Waals surface area contributed by atoms with Crippen molar-refractivity contribution in [1.82, 2.24) is 0 Å². The summed E-state index contributed by atoms with van der Waals surface area (Å²) in [5, 5.41) is 0.528. The highest BCUT2D eigenvalue weighted by atomic mass is 35.5. The van der Waals surface area contributed by atoms with Gasteiger partial charge in [-0.3, -0.25) is 4.79 Å². The number of ketones is 1. The van der Waals surface area contributed by atoms with Crippen molar-refractivity contribution < 1.29 is 23.8 Å². The van der Waals surface area contributed by atoms with E-state index in [9.17, 15) is 9.59 Å². The summed E-state index contributed by atoms with van der Waals surface area (Å²) in [6, 6.07) is 10.5. The lowest BCUT2D eigenvalue weighted by atomic mass is 10.0. The van der Waals surface area contributed by atoms with Crippen molar-refractivity contribution in [3.63, 3.8) is 0 Å². The van der Waals surface area contributed by atoms with Crippen LogP contribution in [0.15, 0.2) is 42.2 Å². The van der Waals surface area contributed by atoms with Crippen molar-refractivity contribution in [1.29, 1.82) is 0 Å². The number of rotatable bonds is 4. The summed E-state index contributed by atoms with van der Waals surface area (Å²) < 4.78 is 15.9. The maximum absolute atomic E-state index is 12.7. The zero-order chi connectivity index (χ0) is 18.8. The fourth-order valence-electron chi connectivity index (χ4n) is 2.70. The van der Waals surface area contributed by atoms with Crippen LogP contribution in [0, 0.1) is 6.92 Å². The predicted molar refractivity (Wildman–Crippen MR) is 97.7 cm³/mol. The second kappa shape index (κ2) is 7.22. The van der Waals surface area contributed by atoms with Gasteiger partial charge in [0.1, 0.15) is 11.5 Å². The monoisotopic (exact) mass is 372 g/mol. The quantitative estimate of drug-likeness (QED) is 0.594. The molecule has 6 heteroatoms. The lowest BCUT2D eigenvalue weighted by molar-refractivity contribution is -0.147. The molecule has 0 radical (unpaired) electrons. The summed E-state index contributed by atoms with van der Waals surface area (Å²) in [6.07, 6.45) is 0.842. The predicted octanol–water partition coefficient (Wildman–Crippen LogP) is 4.20. The first-order valence-electron chi connectivity index (χ1n) is 7.98. The zero-order valence-corrected chi connectivity index (χ0v) is 15.3. The largest absolute Gasteiger partial charge is 0.479 e. The summed E-state index contributed by atoms with van der Waals surface area (Å²) in [6.45, 7) is 3.37. The molecule has 26 heavy (non-hydrogen) atoms. The SMILES string of the molecule is COC(=O)C(C)Oc1cc(C)c2c(c1)O/C(=C\c1ccccc1Cl)C2=O. The Kier molecular flexibility index (Phi) is 5.00. The number of ether oxygens (including phenoxy) is 3. The van der Waals surface area contributed by atoms with Crippen molar-refractivity contribution in [3.8, 4) is 11.5 Å². The Balaban J connectivity index is 1.91. The zero-order valence-electron chi connectivity index (χ0n) is 14.5.